The first-order valence-electron chi connectivity index (χ1n) is 8.40. The van der Waals surface area contributed by atoms with Crippen LogP contribution in [0.3, 0.4) is 0 Å². The van der Waals surface area contributed by atoms with Gasteiger partial charge in [0.05, 0.1) is 13.2 Å². The van der Waals surface area contributed by atoms with Gasteiger partial charge in [-0.3, -0.25) is 9.36 Å². The zero-order valence-electron chi connectivity index (χ0n) is 13.9. The average Bonchev–Trinajstić information content (AvgIpc) is 2.92. The number of carbonyl (C=O) groups is 1. The molecule has 0 unspecified atom stereocenters. The van der Waals surface area contributed by atoms with Crippen LogP contribution in [0.4, 0.5) is 13.2 Å². The molecule has 2 aromatic heterocycles. The summed E-state index contributed by atoms with van der Waals surface area (Å²) in [6.45, 7) is 2.36. The van der Waals surface area contributed by atoms with E-state index in [0.29, 0.717) is 32.7 Å². The normalized spacial score (nSPS) is 18.4. The number of hydrogen-bond donors (Lipinski definition) is 0. The quantitative estimate of drug-likeness (QED) is 0.837. The highest BCUT2D eigenvalue weighted by molar-refractivity contribution is 5.95. The van der Waals surface area contributed by atoms with Gasteiger partial charge in [-0.05, 0) is 24.5 Å². The van der Waals surface area contributed by atoms with Crippen molar-refractivity contribution in [1.29, 1.82) is 0 Å². The van der Waals surface area contributed by atoms with E-state index in [1.165, 1.54) is 10.8 Å². The maximum absolute atomic E-state index is 13.3. The minimum Gasteiger partial charge on any atom is -0.381 e. The summed E-state index contributed by atoms with van der Waals surface area (Å²) in [5.74, 6) is -0.300. The minimum absolute atomic E-state index is 0.256. The number of carbonyl (C=O) groups excluding carboxylic acids is 1. The summed E-state index contributed by atoms with van der Waals surface area (Å²) in [6.07, 6.45) is 0.0754. The second kappa shape index (κ2) is 6.39. The van der Waals surface area contributed by atoms with Crippen LogP contribution in [0.15, 0.2) is 24.8 Å². The smallest absolute Gasteiger partial charge is 0.381 e. The van der Waals surface area contributed by atoms with Gasteiger partial charge < -0.3 is 9.64 Å². The topological polar surface area (TPSA) is 60.2 Å². The average molecular weight is 366 g/mol. The number of fused-ring (bicyclic) bond motifs is 1. The van der Waals surface area contributed by atoms with Crippen molar-refractivity contribution in [2.24, 2.45) is 5.92 Å². The number of amides is 1. The summed E-state index contributed by atoms with van der Waals surface area (Å²) in [6, 6.07) is 1.70. The maximum Gasteiger partial charge on any atom is 0.421 e. The van der Waals surface area contributed by atoms with Crippen LogP contribution in [-0.4, -0.2) is 51.6 Å². The Hall–Kier alpha value is -2.42. The first-order valence-corrected chi connectivity index (χ1v) is 8.40. The van der Waals surface area contributed by atoms with E-state index >= 15 is 0 Å². The summed E-state index contributed by atoms with van der Waals surface area (Å²) in [5.41, 5.74) is 0.0374. The van der Waals surface area contributed by atoms with Gasteiger partial charge in [0.15, 0.2) is 5.82 Å². The molecule has 0 saturated carbocycles. The zero-order chi connectivity index (χ0) is 18.3. The lowest BCUT2D eigenvalue weighted by molar-refractivity contribution is -0.138. The summed E-state index contributed by atoms with van der Waals surface area (Å²) in [7, 11) is 0. The molecule has 2 aliphatic rings. The van der Waals surface area contributed by atoms with Gasteiger partial charge in [-0.2, -0.15) is 13.2 Å². The lowest BCUT2D eigenvalue weighted by Crippen LogP contribution is -2.42. The van der Waals surface area contributed by atoms with Crippen molar-refractivity contribution >= 4 is 5.91 Å². The third-order valence-corrected chi connectivity index (χ3v) is 4.74. The first kappa shape index (κ1) is 17.0. The summed E-state index contributed by atoms with van der Waals surface area (Å²) in [5, 5.41) is 0. The van der Waals surface area contributed by atoms with Gasteiger partial charge in [-0.25, -0.2) is 9.97 Å². The molecule has 0 aromatic carbocycles. The number of aromatic nitrogens is 3. The number of alkyl halides is 3. The van der Waals surface area contributed by atoms with Crippen LogP contribution < -0.4 is 0 Å². The van der Waals surface area contributed by atoms with Gasteiger partial charge in [-0.1, -0.05) is 0 Å². The van der Waals surface area contributed by atoms with Gasteiger partial charge in [0.1, 0.15) is 17.6 Å². The van der Waals surface area contributed by atoms with E-state index in [-0.39, 0.29) is 23.3 Å². The fourth-order valence-corrected chi connectivity index (χ4v) is 3.39. The molecule has 138 valence electrons. The van der Waals surface area contributed by atoms with Crippen LogP contribution in [0, 0.1) is 5.92 Å². The molecule has 26 heavy (non-hydrogen) atoms. The van der Waals surface area contributed by atoms with Crippen molar-refractivity contribution in [1.82, 2.24) is 19.4 Å². The molecule has 2 aliphatic heterocycles. The van der Waals surface area contributed by atoms with Crippen molar-refractivity contribution in [3.8, 4) is 5.82 Å². The van der Waals surface area contributed by atoms with Gasteiger partial charge in [-0.15, -0.1) is 0 Å². The number of ether oxygens (including phenoxy) is 1. The molecule has 0 atom stereocenters. The SMILES string of the molecule is O=C1c2c(ccn2-c2ncncc2C(F)(F)F)CCCN1CC1COC1. The van der Waals surface area contributed by atoms with Crippen LogP contribution in [-0.2, 0) is 17.3 Å². The standard InChI is InChI=1S/C17H17F3N4O2/c18-17(19,20)13-6-21-10-22-15(13)24-5-3-12-2-1-4-23(16(25)14(12)24)7-11-8-26-9-11/h3,5-6,10-11H,1-2,4,7-9H2. The van der Waals surface area contributed by atoms with Crippen LogP contribution in [0.25, 0.3) is 5.82 Å². The molecule has 1 amide bonds. The number of nitrogens with zero attached hydrogens (tertiary/aromatic N) is 4. The van der Waals surface area contributed by atoms with Crippen LogP contribution in [0.5, 0.6) is 0 Å². The lowest BCUT2D eigenvalue weighted by Gasteiger charge is -2.32. The largest absolute Gasteiger partial charge is 0.421 e. The predicted octanol–water partition coefficient (Wildman–Crippen LogP) is 2.32. The molecular formula is C17H17F3N4O2. The molecule has 9 heteroatoms. The van der Waals surface area contributed by atoms with Crippen molar-refractivity contribution < 1.29 is 22.7 Å². The van der Waals surface area contributed by atoms with Gasteiger partial charge in [0, 0.05) is 31.4 Å². The molecule has 1 saturated heterocycles. The number of rotatable bonds is 3. The van der Waals surface area contributed by atoms with E-state index in [2.05, 4.69) is 9.97 Å². The lowest BCUT2D eigenvalue weighted by atomic mass is 10.1. The Morgan fingerprint density at radius 3 is 2.81 bits per heavy atom. The van der Waals surface area contributed by atoms with Crippen molar-refractivity contribution in [2.45, 2.75) is 19.0 Å². The molecule has 4 rings (SSSR count). The highest BCUT2D eigenvalue weighted by atomic mass is 19.4. The third-order valence-electron chi connectivity index (χ3n) is 4.74. The fourth-order valence-electron chi connectivity index (χ4n) is 3.39. The fraction of sp³-hybridized carbons (Fsp3) is 0.471. The van der Waals surface area contributed by atoms with E-state index in [1.54, 1.807) is 11.0 Å². The van der Waals surface area contributed by atoms with E-state index in [1.807, 2.05) is 0 Å². The second-order valence-corrected chi connectivity index (χ2v) is 6.58. The number of aryl methyl sites for hydroxylation is 1. The van der Waals surface area contributed by atoms with Gasteiger partial charge in [0.25, 0.3) is 5.91 Å². The summed E-state index contributed by atoms with van der Waals surface area (Å²) >= 11 is 0. The third kappa shape index (κ3) is 2.96. The molecule has 2 aromatic rings. The number of hydrogen-bond acceptors (Lipinski definition) is 4. The van der Waals surface area contributed by atoms with E-state index < -0.39 is 11.7 Å². The highest BCUT2D eigenvalue weighted by Crippen LogP contribution is 2.34. The molecule has 0 bridgehead atoms. The van der Waals surface area contributed by atoms with Crippen molar-refractivity contribution in [3.63, 3.8) is 0 Å². The Morgan fingerprint density at radius 1 is 1.31 bits per heavy atom. The Morgan fingerprint density at radius 2 is 2.12 bits per heavy atom. The van der Waals surface area contributed by atoms with Gasteiger partial charge >= 0.3 is 6.18 Å². The Bertz CT molecular complexity index is 830. The molecule has 0 N–H and O–H groups in total. The van der Waals surface area contributed by atoms with Crippen LogP contribution >= 0.6 is 0 Å². The molecule has 0 radical (unpaired) electrons. The highest BCUT2D eigenvalue weighted by Gasteiger charge is 2.37. The molecule has 6 nitrogen and oxygen atoms in total. The predicted molar refractivity (Wildman–Crippen MR) is 84.9 cm³/mol. The maximum atomic E-state index is 13.3. The zero-order valence-corrected chi connectivity index (χ0v) is 13.9. The Labute approximate surface area is 147 Å². The number of halogens is 3. The van der Waals surface area contributed by atoms with Crippen molar-refractivity contribution in [2.75, 3.05) is 26.3 Å². The molecule has 1 fully saturated rings. The Balaban J connectivity index is 1.75. The monoisotopic (exact) mass is 366 g/mol. The second-order valence-electron chi connectivity index (χ2n) is 6.58. The van der Waals surface area contributed by atoms with Crippen LogP contribution in [0.2, 0.25) is 0 Å². The summed E-state index contributed by atoms with van der Waals surface area (Å²) in [4.78, 5) is 22.1. The minimum atomic E-state index is -4.61. The summed E-state index contributed by atoms with van der Waals surface area (Å²) < 4.78 is 46.5. The molecule has 0 spiro atoms. The molecule has 0 aliphatic carbocycles. The van der Waals surface area contributed by atoms with Crippen molar-refractivity contribution in [3.05, 3.63) is 41.6 Å². The Kier molecular flexibility index (Phi) is 4.18. The van der Waals surface area contributed by atoms with E-state index in [9.17, 15) is 18.0 Å². The van der Waals surface area contributed by atoms with Crippen LogP contribution in [0.1, 0.15) is 28.0 Å². The van der Waals surface area contributed by atoms with E-state index in [4.69, 9.17) is 4.74 Å². The molecular weight excluding hydrogens is 349 g/mol. The first-order chi connectivity index (χ1) is 12.4. The van der Waals surface area contributed by atoms with Gasteiger partial charge in [0.2, 0.25) is 0 Å². The van der Waals surface area contributed by atoms with E-state index in [0.717, 1.165) is 24.5 Å². The molecule has 4 heterocycles.